The zero-order valence-electron chi connectivity index (χ0n) is 19.0. The van der Waals surface area contributed by atoms with Crippen LogP contribution in [-0.4, -0.2) is 49.7 Å². The first-order valence-corrected chi connectivity index (χ1v) is 12.2. The summed E-state index contributed by atoms with van der Waals surface area (Å²) >= 11 is 0. The Balaban J connectivity index is 2.02. The highest BCUT2D eigenvalue weighted by Crippen LogP contribution is 2.33. The van der Waals surface area contributed by atoms with Gasteiger partial charge in [0.05, 0.1) is 11.4 Å². The molecule has 0 spiro atoms. The van der Waals surface area contributed by atoms with E-state index in [0.29, 0.717) is 18.2 Å². The van der Waals surface area contributed by atoms with Gasteiger partial charge in [0, 0.05) is 18.8 Å². The molecule has 0 bridgehead atoms. The van der Waals surface area contributed by atoms with E-state index in [0.717, 1.165) is 16.3 Å². The summed E-state index contributed by atoms with van der Waals surface area (Å²) in [6.07, 6.45) is 0.784. The molecule has 1 N–H and O–H groups in total. The van der Waals surface area contributed by atoms with Crippen LogP contribution in [0.3, 0.4) is 0 Å². The van der Waals surface area contributed by atoms with Gasteiger partial charge in [-0.25, -0.2) is 8.42 Å². The Morgan fingerprint density at radius 1 is 1.09 bits per heavy atom. The van der Waals surface area contributed by atoms with Gasteiger partial charge < -0.3 is 5.32 Å². The van der Waals surface area contributed by atoms with Crippen molar-refractivity contribution in [2.24, 2.45) is 5.92 Å². The number of benzene rings is 2. The molecule has 2 amide bonds. The zero-order valence-corrected chi connectivity index (χ0v) is 19.9. The van der Waals surface area contributed by atoms with Gasteiger partial charge >= 0.3 is 0 Å². The number of hydrogen-bond donors (Lipinski definition) is 1. The van der Waals surface area contributed by atoms with Crippen LogP contribution in [-0.2, 0) is 19.6 Å². The Kier molecular flexibility index (Phi) is 7.05. The topological polar surface area (TPSA) is 86.8 Å². The Labute approximate surface area is 190 Å². The average molecular weight is 458 g/mol. The maximum absolute atomic E-state index is 13.4. The minimum atomic E-state index is -3.94. The minimum Gasteiger partial charge on any atom is -0.354 e. The lowest BCUT2D eigenvalue weighted by Crippen LogP contribution is -2.70. The first-order chi connectivity index (χ1) is 15.1. The van der Waals surface area contributed by atoms with Crippen molar-refractivity contribution in [2.75, 3.05) is 24.5 Å². The van der Waals surface area contributed by atoms with Crippen LogP contribution < -0.4 is 10.2 Å². The van der Waals surface area contributed by atoms with Gasteiger partial charge in [-0.2, -0.15) is 4.31 Å². The third-order valence-corrected chi connectivity index (χ3v) is 7.58. The fourth-order valence-electron chi connectivity index (χ4n) is 3.93. The molecule has 2 aromatic rings. The number of sulfonamides is 1. The monoisotopic (exact) mass is 457 g/mol. The van der Waals surface area contributed by atoms with E-state index < -0.39 is 21.5 Å². The molecule has 1 saturated heterocycles. The van der Waals surface area contributed by atoms with Gasteiger partial charge in [-0.05, 0) is 49.9 Å². The molecule has 172 valence electrons. The third kappa shape index (κ3) is 4.71. The van der Waals surface area contributed by atoms with Gasteiger partial charge in [0.1, 0.15) is 5.54 Å². The fourth-order valence-corrected chi connectivity index (χ4v) is 5.43. The van der Waals surface area contributed by atoms with E-state index in [-0.39, 0.29) is 23.9 Å². The van der Waals surface area contributed by atoms with E-state index >= 15 is 0 Å². The Morgan fingerprint density at radius 3 is 2.34 bits per heavy atom. The van der Waals surface area contributed by atoms with Crippen LogP contribution in [0, 0.1) is 12.8 Å². The van der Waals surface area contributed by atoms with Crippen molar-refractivity contribution in [3.8, 4) is 0 Å². The zero-order chi connectivity index (χ0) is 23.5. The van der Waals surface area contributed by atoms with E-state index in [1.54, 1.807) is 37.3 Å². The molecule has 1 heterocycles. The molecule has 3 rings (SSSR count). The predicted molar refractivity (Wildman–Crippen MR) is 125 cm³/mol. The molecule has 8 heteroatoms. The van der Waals surface area contributed by atoms with Crippen molar-refractivity contribution < 1.29 is 18.0 Å². The van der Waals surface area contributed by atoms with Crippen molar-refractivity contribution in [1.29, 1.82) is 0 Å². The number of rotatable bonds is 7. The summed E-state index contributed by atoms with van der Waals surface area (Å²) in [7, 11) is -3.94. The molecule has 1 aliphatic rings. The van der Waals surface area contributed by atoms with Gasteiger partial charge in [-0.15, -0.1) is 0 Å². The summed E-state index contributed by atoms with van der Waals surface area (Å²) in [5, 5.41) is 2.92. The lowest BCUT2D eigenvalue weighted by Gasteiger charge is -2.47. The Hall–Kier alpha value is -2.71. The maximum atomic E-state index is 13.4. The third-order valence-electron chi connectivity index (χ3n) is 5.77. The number of amides is 2. The molecule has 32 heavy (non-hydrogen) atoms. The molecule has 0 unspecified atom stereocenters. The molecule has 1 aliphatic heterocycles. The molecule has 2 aromatic carbocycles. The summed E-state index contributed by atoms with van der Waals surface area (Å²) in [5.41, 5.74) is 0.0393. The second kappa shape index (κ2) is 9.42. The molecular weight excluding hydrogens is 426 g/mol. The van der Waals surface area contributed by atoms with Crippen LogP contribution >= 0.6 is 0 Å². The molecule has 0 radical (unpaired) electrons. The van der Waals surface area contributed by atoms with E-state index in [1.165, 1.54) is 17.0 Å². The van der Waals surface area contributed by atoms with Crippen molar-refractivity contribution >= 4 is 27.5 Å². The molecule has 0 saturated carbocycles. The average Bonchev–Trinajstić information content (AvgIpc) is 2.74. The molecule has 0 aromatic heterocycles. The summed E-state index contributed by atoms with van der Waals surface area (Å²) < 4.78 is 27.7. The second-order valence-electron chi connectivity index (χ2n) is 8.81. The van der Waals surface area contributed by atoms with Crippen LogP contribution in [0.5, 0.6) is 0 Å². The highest BCUT2D eigenvalue weighted by Gasteiger charge is 2.51. The number of para-hydroxylation sites is 1. The highest BCUT2D eigenvalue weighted by atomic mass is 32.2. The number of piperazine rings is 1. The van der Waals surface area contributed by atoms with Crippen LogP contribution in [0.1, 0.15) is 32.8 Å². The number of nitrogens with zero attached hydrogens (tertiary/aromatic N) is 2. The van der Waals surface area contributed by atoms with Crippen LogP contribution in [0.4, 0.5) is 5.69 Å². The van der Waals surface area contributed by atoms with Gasteiger partial charge in [-0.3, -0.25) is 14.5 Å². The largest absolute Gasteiger partial charge is 0.354 e. The Bertz CT molecular complexity index is 1090. The van der Waals surface area contributed by atoms with Crippen molar-refractivity contribution in [3.05, 3.63) is 60.2 Å². The summed E-state index contributed by atoms with van der Waals surface area (Å²) in [4.78, 5) is 28.4. The fraction of sp³-hybridized carbons (Fsp3) is 0.417. The summed E-state index contributed by atoms with van der Waals surface area (Å²) in [6, 6.07) is 15.3. The second-order valence-corrected chi connectivity index (χ2v) is 10.8. The van der Waals surface area contributed by atoms with Crippen LogP contribution in [0.2, 0.25) is 0 Å². The predicted octanol–water partition coefficient (Wildman–Crippen LogP) is 2.95. The molecule has 7 nitrogen and oxygen atoms in total. The quantitative estimate of drug-likeness (QED) is 0.693. The lowest BCUT2D eigenvalue weighted by molar-refractivity contribution is -0.132. The molecular formula is C24H31N3O4S. The van der Waals surface area contributed by atoms with Gasteiger partial charge in [-0.1, -0.05) is 50.2 Å². The van der Waals surface area contributed by atoms with E-state index in [2.05, 4.69) is 19.2 Å². The number of carbonyl (C=O) groups is 2. The first-order valence-electron chi connectivity index (χ1n) is 10.8. The molecule has 1 atom stereocenters. The first kappa shape index (κ1) is 23.9. The smallest absolute Gasteiger partial charge is 0.247 e. The Morgan fingerprint density at radius 2 is 1.72 bits per heavy atom. The standard InChI is InChI=1S/C24H31N3O4S/c1-18(2)14-15-25-23(29)24(4)17-26(32(30,31)20-11-6-5-7-12-20)16-22(28)27(24)21-13-9-8-10-19(21)3/h5-13,18H,14-17H2,1-4H3,(H,25,29)/t24-/m0/s1. The van der Waals surface area contributed by atoms with E-state index in [9.17, 15) is 18.0 Å². The van der Waals surface area contributed by atoms with Crippen molar-refractivity contribution in [2.45, 2.75) is 44.6 Å². The number of anilines is 1. The normalized spacial score (nSPS) is 19.9. The minimum absolute atomic E-state index is 0.0970. The van der Waals surface area contributed by atoms with Gasteiger partial charge in [0.2, 0.25) is 21.8 Å². The van der Waals surface area contributed by atoms with Gasteiger partial charge in [0.25, 0.3) is 0 Å². The van der Waals surface area contributed by atoms with Crippen molar-refractivity contribution in [1.82, 2.24) is 9.62 Å². The maximum Gasteiger partial charge on any atom is 0.247 e. The van der Waals surface area contributed by atoms with Crippen LogP contribution in [0.25, 0.3) is 0 Å². The summed E-state index contributed by atoms with van der Waals surface area (Å²) in [6.45, 7) is 7.60. The number of aryl methyl sites for hydroxylation is 1. The SMILES string of the molecule is Cc1ccccc1N1C(=O)CN(S(=O)(=O)c2ccccc2)C[C@@]1(C)C(=O)NCCC(C)C. The van der Waals surface area contributed by atoms with Gasteiger partial charge in [0.15, 0.2) is 0 Å². The number of hydrogen-bond acceptors (Lipinski definition) is 4. The number of nitrogens with one attached hydrogen (secondary N) is 1. The van der Waals surface area contributed by atoms with Crippen LogP contribution in [0.15, 0.2) is 59.5 Å². The highest BCUT2D eigenvalue weighted by molar-refractivity contribution is 7.89. The van der Waals surface area contributed by atoms with E-state index in [1.807, 2.05) is 19.1 Å². The molecule has 1 fully saturated rings. The molecule has 0 aliphatic carbocycles. The lowest BCUT2D eigenvalue weighted by atomic mass is 9.93. The number of carbonyl (C=O) groups excluding carboxylic acids is 2. The van der Waals surface area contributed by atoms with Crippen molar-refractivity contribution in [3.63, 3.8) is 0 Å². The van der Waals surface area contributed by atoms with E-state index in [4.69, 9.17) is 0 Å². The summed E-state index contributed by atoms with van der Waals surface area (Å²) in [5.74, 6) is -0.409.